The lowest BCUT2D eigenvalue weighted by atomic mass is 10.1. The monoisotopic (exact) mass is 288 g/mol. The van der Waals surface area contributed by atoms with Crippen LogP contribution in [0.15, 0.2) is 34.9 Å². The Labute approximate surface area is 124 Å². The van der Waals surface area contributed by atoms with Crippen molar-refractivity contribution in [3.05, 3.63) is 53.2 Å². The molecule has 0 aliphatic carbocycles. The molecule has 0 bridgehead atoms. The van der Waals surface area contributed by atoms with E-state index >= 15 is 0 Å². The van der Waals surface area contributed by atoms with Crippen molar-refractivity contribution in [2.75, 3.05) is 6.54 Å². The van der Waals surface area contributed by atoms with Crippen LogP contribution in [0.5, 0.6) is 0 Å². The Morgan fingerprint density at radius 3 is 2.90 bits per heavy atom. The van der Waals surface area contributed by atoms with Crippen molar-refractivity contribution in [2.45, 2.75) is 45.2 Å². The van der Waals surface area contributed by atoms with Gasteiger partial charge < -0.3 is 4.52 Å². The molecule has 3 nitrogen and oxygen atoms in total. The first-order valence-corrected chi connectivity index (χ1v) is 7.59. The molecule has 2 aromatic rings. The second kappa shape index (κ2) is 5.98. The Balaban J connectivity index is 1.77. The molecule has 3 rings (SSSR count). The smallest absolute Gasteiger partial charge is 0.154 e. The molecule has 0 N–H and O–H groups in total. The van der Waals surface area contributed by atoms with Gasteiger partial charge in [0.25, 0.3) is 0 Å². The number of halogens is 1. The maximum Gasteiger partial charge on any atom is 0.154 e. The van der Waals surface area contributed by atoms with E-state index in [1.54, 1.807) is 6.07 Å². The minimum absolute atomic E-state index is 0.136. The Kier molecular flexibility index (Phi) is 4.06. The van der Waals surface area contributed by atoms with E-state index in [2.05, 4.69) is 30.0 Å². The molecule has 112 valence electrons. The summed E-state index contributed by atoms with van der Waals surface area (Å²) in [5.41, 5.74) is 1.73. The van der Waals surface area contributed by atoms with Crippen LogP contribution in [-0.2, 0) is 6.54 Å². The zero-order chi connectivity index (χ0) is 14.8. The fourth-order valence-electron chi connectivity index (χ4n) is 2.92. The lowest BCUT2D eigenvalue weighted by molar-refractivity contribution is 0.204. The van der Waals surface area contributed by atoms with Crippen molar-refractivity contribution in [3.63, 3.8) is 0 Å². The molecule has 1 atom stereocenters. The fourth-order valence-corrected chi connectivity index (χ4v) is 2.92. The standard InChI is InChI=1S/C17H21FN2O/c1-12(2)15-10-17(21-19-15)16-8-5-9-20(16)11-13-6-3-4-7-14(13)18/h3-4,6-7,10,12,16H,5,8-9,11H2,1-2H3/t16-/m0/s1. The summed E-state index contributed by atoms with van der Waals surface area (Å²) < 4.78 is 19.3. The zero-order valence-electron chi connectivity index (χ0n) is 12.6. The predicted molar refractivity (Wildman–Crippen MR) is 79.4 cm³/mol. The Morgan fingerprint density at radius 2 is 2.19 bits per heavy atom. The lowest BCUT2D eigenvalue weighted by Gasteiger charge is -2.22. The van der Waals surface area contributed by atoms with Gasteiger partial charge in [-0.1, -0.05) is 37.2 Å². The summed E-state index contributed by atoms with van der Waals surface area (Å²) in [6.45, 7) is 5.80. The highest BCUT2D eigenvalue weighted by atomic mass is 19.1. The summed E-state index contributed by atoms with van der Waals surface area (Å²) in [7, 11) is 0. The number of hydrogen-bond acceptors (Lipinski definition) is 3. The molecular formula is C17H21FN2O. The van der Waals surface area contributed by atoms with Crippen LogP contribution in [0.1, 0.15) is 55.7 Å². The molecular weight excluding hydrogens is 267 g/mol. The maximum absolute atomic E-state index is 13.8. The molecule has 0 saturated carbocycles. The van der Waals surface area contributed by atoms with Crippen molar-refractivity contribution in [3.8, 4) is 0 Å². The van der Waals surface area contributed by atoms with Gasteiger partial charge in [0.15, 0.2) is 5.76 Å². The maximum atomic E-state index is 13.8. The first-order chi connectivity index (χ1) is 10.1. The van der Waals surface area contributed by atoms with E-state index in [9.17, 15) is 4.39 Å². The number of benzene rings is 1. The first-order valence-electron chi connectivity index (χ1n) is 7.59. The summed E-state index contributed by atoms with van der Waals surface area (Å²) in [6, 6.07) is 9.25. The second-order valence-electron chi connectivity index (χ2n) is 6.03. The number of likely N-dealkylation sites (tertiary alicyclic amines) is 1. The summed E-state index contributed by atoms with van der Waals surface area (Å²) in [4.78, 5) is 2.28. The zero-order valence-corrected chi connectivity index (χ0v) is 12.6. The minimum Gasteiger partial charge on any atom is -0.359 e. The van der Waals surface area contributed by atoms with Crippen LogP contribution in [0.3, 0.4) is 0 Å². The number of rotatable bonds is 4. The van der Waals surface area contributed by atoms with Crippen LogP contribution in [0, 0.1) is 5.82 Å². The summed E-state index contributed by atoms with van der Waals surface area (Å²) >= 11 is 0. The number of hydrogen-bond donors (Lipinski definition) is 0. The van der Waals surface area contributed by atoms with Gasteiger partial charge >= 0.3 is 0 Å². The van der Waals surface area contributed by atoms with Crippen LogP contribution in [-0.4, -0.2) is 16.6 Å². The van der Waals surface area contributed by atoms with Gasteiger partial charge in [-0.3, -0.25) is 4.90 Å². The van der Waals surface area contributed by atoms with E-state index in [-0.39, 0.29) is 11.9 Å². The molecule has 0 spiro atoms. The highest BCUT2D eigenvalue weighted by Gasteiger charge is 2.30. The summed E-state index contributed by atoms with van der Waals surface area (Å²) in [5, 5.41) is 4.14. The molecule has 1 aromatic carbocycles. The third-order valence-corrected chi connectivity index (χ3v) is 4.16. The van der Waals surface area contributed by atoms with Gasteiger partial charge in [-0.05, 0) is 31.4 Å². The average molecular weight is 288 g/mol. The van der Waals surface area contributed by atoms with E-state index in [0.29, 0.717) is 12.5 Å². The third kappa shape index (κ3) is 3.00. The van der Waals surface area contributed by atoms with Gasteiger partial charge in [-0.2, -0.15) is 0 Å². The van der Waals surface area contributed by atoms with Gasteiger partial charge in [0.2, 0.25) is 0 Å². The molecule has 1 aliphatic rings. The second-order valence-corrected chi connectivity index (χ2v) is 6.03. The largest absolute Gasteiger partial charge is 0.359 e. The van der Waals surface area contributed by atoms with Crippen molar-refractivity contribution in [1.29, 1.82) is 0 Å². The highest BCUT2D eigenvalue weighted by molar-refractivity contribution is 5.19. The van der Waals surface area contributed by atoms with Gasteiger partial charge in [-0.25, -0.2) is 4.39 Å². The van der Waals surface area contributed by atoms with E-state index in [1.165, 1.54) is 6.07 Å². The number of nitrogens with zero attached hydrogens (tertiary/aromatic N) is 2. The third-order valence-electron chi connectivity index (χ3n) is 4.16. The van der Waals surface area contributed by atoms with Crippen molar-refractivity contribution >= 4 is 0 Å². The molecule has 0 radical (unpaired) electrons. The lowest BCUT2D eigenvalue weighted by Crippen LogP contribution is -2.23. The van der Waals surface area contributed by atoms with Crippen molar-refractivity contribution in [1.82, 2.24) is 10.1 Å². The van der Waals surface area contributed by atoms with Crippen LogP contribution >= 0.6 is 0 Å². The van der Waals surface area contributed by atoms with Crippen LogP contribution in [0.25, 0.3) is 0 Å². The van der Waals surface area contributed by atoms with Gasteiger partial charge in [0.1, 0.15) is 5.82 Å². The molecule has 0 unspecified atom stereocenters. The molecule has 1 saturated heterocycles. The first kappa shape index (κ1) is 14.3. The summed E-state index contributed by atoms with van der Waals surface area (Å²) in [5.74, 6) is 1.14. The topological polar surface area (TPSA) is 29.3 Å². The quantitative estimate of drug-likeness (QED) is 0.841. The van der Waals surface area contributed by atoms with E-state index < -0.39 is 0 Å². The highest BCUT2D eigenvalue weighted by Crippen LogP contribution is 2.34. The van der Waals surface area contributed by atoms with E-state index in [0.717, 1.165) is 36.4 Å². The Morgan fingerprint density at radius 1 is 1.38 bits per heavy atom. The SMILES string of the molecule is CC(C)c1cc([C@@H]2CCCN2Cc2ccccc2F)on1. The normalized spacial score (nSPS) is 19.5. The van der Waals surface area contributed by atoms with Crippen LogP contribution in [0.4, 0.5) is 4.39 Å². The van der Waals surface area contributed by atoms with E-state index in [4.69, 9.17) is 4.52 Å². The average Bonchev–Trinajstić information content (AvgIpc) is 3.09. The molecule has 1 fully saturated rings. The fraction of sp³-hybridized carbons (Fsp3) is 0.471. The molecule has 0 amide bonds. The van der Waals surface area contributed by atoms with Crippen LogP contribution in [0.2, 0.25) is 0 Å². The Hall–Kier alpha value is -1.68. The van der Waals surface area contributed by atoms with Crippen molar-refractivity contribution in [2.24, 2.45) is 0 Å². The summed E-state index contributed by atoms with van der Waals surface area (Å²) in [6.07, 6.45) is 2.15. The molecule has 1 aliphatic heterocycles. The molecule has 1 aromatic heterocycles. The van der Waals surface area contributed by atoms with E-state index in [1.807, 2.05) is 12.1 Å². The van der Waals surface area contributed by atoms with Gasteiger partial charge in [-0.15, -0.1) is 0 Å². The minimum atomic E-state index is -0.136. The van der Waals surface area contributed by atoms with Crippen molar-refractivity contribution < 1.29 is 8.91 Å². The van der Waals surface area contributed by atoms with Gasteiger partial charge in [0, 0.05) is 18.2 Å². The van der Waals surface area contributed by atoms with Crippen LogP contribution < -0.4 is 0 Å². The van der Waals surface area contributed by atoms with Gasteiger partial charge in [0.05, 0.1) is 11.7 Å². The predicted octanol–water partition coefficient (Wildman–Crippen LogP) is 4.27. The number of aromatic nitrogens is 1. The molecule has 2 heterocycles. The molecule has 4 heteroatoms. The molecule has 21 heavy (non-hydrogen) atoms. The Bertz CT molecular complexity index is 608.